The molecule has 0 saturated heterocycles. The van der Waals surface area contributed by atoms with Crippen LogP contribution in [0.3, 0.4) is 0 Å². The van der Waals surface area contributed by atoms with E-state index in [2.05, 4.69) is 181 Å². The Morgan fingerprint density at radius 1 is 0.408 bits per heavy atom. The van der Waals surface area contributed by atoms with Crippen molar-refractivity contribution < 1.29 is 4.42 Å². The maximum Gasteiger partial charge on any atom is 0.136 e. The Kier molecular flexibility index (Phi) is 6.39. The van der Waals surface area contributed by atoms with Gasteiger partial charge in [-0.1, -0.05) is 121 Å². The lowest BCUT2D eigenvalue weighted by Gasteiger charge is -2.26. The van der Waals surface area contributed by atoms with Crippen molar-refractivity contribution in [1.82, 2.24) is 0 Å². The molecule has 10 aromatic rings. The van der Waals surface area contributed by atoms with E-state index in [0.717, 1.165) is 39.1 Å². The van der Waals surface area contributed by atoms with E-state index < -0.39 is 0 Å². The molecule has 2 nitrogen and oxygen atoms in total. The monoisotopic (exact) mass is 643 g/mol. The Balaban J connectivity index is 1.08. The van der Waals surface area contributed by atoms with Crippen molar-refractivity contribution in [1.29, 1.82) is 0 Å². The Hall–Kier alpha value is -6.16. The number of thiophene rings is 1. The van der Waals surface area contributed by atoms with Crippen LogP contribution < -0.4 is 4.90 Å². The van der Waals surface area contributed by atoms with Crippen molar-refractivity contribution in [2.75, 3.05) is 4.90 Å². The molecule has 8 aromatic carbocycles. The van der Waals surface area contributed by atoms with Crippen LogP contribution >= 0.6 is 11.3 Å². The predicted octanol–water partition coefficient (Wildman–Crippen LogP) is 13.9. The van der Waals surface area contributed by atoms with Crippen LogP contribution in [0.1, 0.15) is 0 Å². The summed E-state index contributed by atoms with van der Waals surface area (Å²) >= 11 is 1.86. The molecule has 0 aliphatic carbocycles. The number of benzene rings is 8. The second-order valence-corrected chi connectivity index (χ2v) is 13.6. The van der Waals surface area contributed by atoms with E-state index in [0.29, 0.717) is 0 Å². The highest BCUT2D eigenvalue weighted by Gasteiger charge is 2.19. The quantitative estimate of drug-likeness (QED) is 0.186. The van der Waals surface area contributed by atoms with Gasteiger partial charge in [-0.05, 0) is 87.6 Å². The molecule has 0 spiro atoms. The number of nitrogens with zero attached hydrogens (tertiary/aromatic N) is 1. The van der Waals surface area contributed by atoms with Crippen LogP contribution in [0.15, 0.2) is 180 Å². The van der Waals surface area contributed by atoms with Gasteiger partial charge in [0.2, 0.25) is 0 Å². The molecule has 0 radical (unpaired) electrons. The van der Waals surface area contributed by atoms with E-state index in [4.69, 9.17) is 4.42 Å². The van der Waals surface area contributed by atoms with Gasteiger partial charge in [0.05, 0.1) is 10.4 Å². The molecule has 0 atom stereocenters. The van der Waals surface area contributed by atoms with Gasteiger partial charge in [-0.3, -0.25) is 0 Å². The summed E-state index contributed by atoms with van der Waals surface area (Å²) in [5, 5.41) is 7.36. The van der Waals surface area contributed by atoms with Crippen molar-refractivity contribution in [3.63, 3.8) is 0 Å². The summed E-state index contributed by atoms with van der Waals surface area (Å²) in [4.78, 5) is 2.39. The van der Waals surface area contributed by atoms with Crippen LogP contribution in [-0.2, 0) is 0 Å². The van der Waals surface area contributed by atoms with Crippen molar-refractivity contribution in [2.24, 2.45) is 0 Å². The number of rotatable bonds is 5. The highest BCUT2D eigenvalue weighted by molar-refractivity contribution is 7.26. The van der Waals surface area contributed by atoms with Crippen LogP contribution in [0, 0.1) is 0 Å². The molecule has 3 heteroatoms. The standard InChI is InChI=1S/C46H29NOS/c1-2-9-30(10-3-1)31-17-23-35(24-18-31)47(41-15-8-14-39-38-13-6-7-16-44(38)49-46(39)41)36-25-19-32(20-26-36)34-21-27-40-43(29-34)48-42-28-22-33-11-4-5-12-37(33)45(40)42/h1-29H. The molecule has 0 N–H and O–H groups in total. The zero-order valence-electron chi connectivity index (χ0n) is 26.5. The van der Waals surface area contributed by atoms with Gasteiger partial charge >= 0.3 is 0 Å². The molecule has 230 valence electrons. The number of furan rings is 1. The SMILES string of the molecule is c1ccc(-c2ccc(N(c3ccc(-c4ccc5c(c4)oc4ccc6ccccc6c45)cc3)c3cccc4c3sc3ccccc34)cc2)cc1. The molecule has 49 heavy (non-hydrogen) atoms. The Bertz CT molecular complexity index is 2810. The lowest BCUT2D eigenvalue weighted by molar-refractivity contribution is 0.669. The molecule has 0 fully saturated rings. The topological polar surface area (TPSA) is 16.4 Å². The van der Waals surface area contributed by atoms with Crippen molar-refractivity contribution in [3.05, 3.63) is 176 Å². The summed E-state index contributed by atoms with van der Waals surface area (Å²) in [7, 11) is 0. The Morgan fingerprint density at radius 3 is 1.84 bits per heavy atom. The highest BCUT2D eigenvalue weighted by atomic mass is 32.1. The fraction of sp³-hybridized carbons (Fsp3) is 0. The number of anilines is 3. The highest BCUT2D eigenvalue weighted by Crippen LogP contribution is 2.45. The van der Waals surface area contributed by atoms with E-state index in [1.165, 1.54) is 53.1 Å². The molecule has 0 bridgehead atoms. The lowest BCUT2D eigenvalue weighted by atomic mass is 10.0. The summed E-state index contributed by atoms with van der Waals surface area (Å²) in [5.41, 5.74) is 9.93. The maximum absolute atomic E-state index is 6.40. The van der Waals surface area contributed by atoms with E-state index in [1.54, 1.807) is 0 Å². The third-order valence-corrected chi connectivity index (χ3v) is 10.9. The molecule has 0 aliphatic rings. The second kappa shape index (κ2) is 11.2. The van der Waals surface area contributed by atoms with Crippen LogP contribution in [0.25, 0.3) is 75.1 Å². The average molecular weight is 644 g/mol. The van der Waals surface area contributed by atoms with Crippen molar-refractivity contribution >= 4 is 81.3 Å². The van der Waals surface area contributed by atoms with Crippen molar-refractivity contribution in [3.8, 4) is 22.3 Å². The minimum Gasteiger partial charge on any atom is -0.456 e. The zero-order chi connectivity index (χ0) is 32.3. The molecule has 0 amide bonds. The van der Waals surface area contributed by atoms with E-state index in [-0.39, 0.29) is 0 Å². The van der Waals surface area contributed by atoms with Gasteiger partial charge in [0.1, 0.15) is 11.2 Å². The maximum atomic E-state index is 6.40. The molecular weight excluding hydrogens is 615 g/mol. The first-order chi connectivity index (χ1) is 24.3. The van der Waals surface area contributed by atoms with E-state index >= 15 is 0 Å². The van der Waals surface area contributed by atoms with Gasteiger partial charge in [0.15, 0.2) is 0 Å². The molecular formula is C46H29NOS. The summed E-state index contributed by atoms with van der Waals surface area (Å²) in [6.07, 6.45) is 0. The first kappa shape index (κ1) is 27.9. The zero-order valence-corrected chi connectivity index (χ0v) is 27.3. The average Bonchev–Trinajstić information content (AvgIpc) is 3.75. The normalized spacial score (nSPS) is 11.7. The number of hydrogen-bond acceptors (Lipinski definition) is 3. The van der Waals surface area contributed by atoms with Gasteiger partial charge in [-0.2, -0.15) is 0 Å². The summed E-state index contributed by atoms with van der Waals surface area (Å²) < 4.78 is 8.98. The minimum absolute atomic E-state index is 0.907. The molecule has 0 saturated carbocycles. The molecule has 0 unspecified atom stereocenters. The van der Waals surface area contributed by atoms with Gasteiger partial charge in [0.25, 0.3) is 0 Å². The number of hydrogen-bond donors (Lipinski definition) is 0. The summed E-state index contributed by atoms with van der Waals surface area (Å²) in [6, 6.07) is 63.1. The Morgan fingerprint density at radius 2 is 1.04 bits per heavy atom. The first-order valence-electron chi connectivity index (χ1n) is 16.6. The largest absolute Gasteiger partial charge is 0.456 e. The van der Waals surface area contributed by atoms with Gasteiger partial charge in [-0.25, -0.2) is 0 Å². The van der Waals surface area contributed by atoms with Gasteiger partial charge in [-0.15, -0.1) is 11.3 Å². The summed E-state index contributed by atoms with van der Waals surface area (Å²) in [6.45, 7) is 0. The van der Waals surface area contributed by atoms with Gasteiger partial charge < -0.3 is 9.32 Å². The third-order valence-electron chi connectivity index (χ3n) is 9.68. The van der Waals surface area contributed by atoms with Crippen molar-refractivity contribution in [2.45, 2.75) is 0 Å². The lowest BCUT2D eigenvalue weighted by Crippen LogP contribution is -2.10. The third kappa shape index (κ3) is 4.62. The Labute approximate surface area is 287 Å². The fourth-order valence-electron chi connectivity index (χ4n) is 7.30. The molecule has 2 aromatic heterocycles. The number of fused-ring (bicyclic) bond motifs is 8. The minimum atomic E-state index is 0.907. The molecule has 10 rings (SSSR count). The van der Waals surface area contributed by atoms with Gasteiger partial charge in [0, 0.05) is 37.6 Å². The van der Waals surface area contributed by atoms with Crippen LogP contribution in [0.5, 0.6) is 0 Å². The molecule has 0 aliphatic heterocycles. The first-order valence-corrected chi connectivity index (χ1v) is 17.4. The smallest absolute Gasteiger partial charge is 0.136 e. The van der Waals surface area contributed by atoms with Crippen LogP contribution in [0.4, 0.5) is 17.1 Å². The van der Waals surface area contributed by atoms with Crippen LogP contribution in [0.2, 0.25) is 0 Å². The van der Waals surface area contributed by atoms with E-state index in [1.807, 2.05) is 11.3 Å². The predicted molar refractivity (Wildman–Crippen MR) is 210 cm³/mol. The summed E-state index contributed by atoms with van der Waals surface area (Å²) in [5.74, 6) is 0. The molecule has 2 heterocycles. The second-order valence-electron chi connectivity index (χ2n) is 12.5. The van der Waals surface area contributed by atoms with Crippen LogP contribution in [-0.4, -0.2) is 0 Å². The fourth-order valence-corrected chi connectivity index (χ4v) is 8.50. The van der Waals surface area contributed by atoms with E-state index in [9.17, 15) is 0 Å².